The van der Waals surface area contributed by atoms with Crippen LogP contribution in [-0.2, 0) is 0 Å². The Labute approximate surface area is 102 Å². The summed E-state index contributed by atoms with van der Waals surface area (Å²) in [5.74, 6) is 0. The second kappa shape index (κ2) is 5.75. The van der Waals surface area contributed by atoms with Crippen molar-refractivity contribution in [1.82, 2.24) is 0 Å². The van der Waals surface area contributed by atoms with Gasteiger partial charge in [0.05, 0.1) is 12.1 Å². The number of hydrogen-bond acceptors (Lipinski definition) is 3. The monoisotopic (exact) mass is 265 g/mol. The van der Waals surface area contributed by atoms with E-state index in [0.717, 1.165) is 0 Å². The molecule has 96 valence electrons. The molecule has 1 aromatic rings. The van der Waals surface area contributed by atoms with E-state index in [1.807, 2.05) is 0 Å². The molecule has 0 saturated heterocycles. The second-order valence-electron chi connectivity index (χ2n) is 3.62. The van der Waals surface area contributed by atoms with Gasteiger partial charge >= 0.3 is 5.51 Å². The molecule has 0 amide bonds. The van der Waals surface area contributed by atoms with Crippen molar-refractivity contribution in [2.24, 2.45) is 5.73 Å². The van der Waals surface area contributed by atoms with Crippen molar-refractivity contribution >= 4 is 11.8 Å². The second-order valence-corrected chi connectivity index (χ2v) is 4.76. The summed E-state index contributed by atoms with van der Waals surface area (Å²) in [6, 6.07) is 5.17. The molecule has 0 aromatic heterocycles. The standard InChI is InChI=1S/C11H14F3NOS/c1-2-9(16)10(15)7-3-5-8(6-4-7)17-11(12,13)14/h3-6,9-10,16H,2,15H2,1H3/t9-,10+/m1/s1. The summed E-state index contributed by atoms with van der Waals surface area (Å²) < 4.78 is 36.2. The van der Waals surface area contributed by atoms with E-state index in [0.29, 0.717) is 12.0 Å². The summed E-state index contributed by atoms with van der Waals surface area (Å²) in [5.41, 5.74) is 2.09. The number of aliphatic hydroxyl groups excluding tert-OH is 1. The molecule has 2 nitrogen and oxygen atoms in total. The first-order chi connectivity index (χ1) is 7.83. The first kappa shape index (κ1) is 14.3. The highest BCUT2D eigenvalue weighted by molar-refractivity contribution is 8.00. The van der Waals surface area contributed by atoms with Gasteiger partial charge in [-0.15, -0.1) is 0 Å². The van der Waals surface area contributed by atoms with Crippen LogP contribution >= 0.6 is 11.8 Å². The van der Waals surface area contributed by atoms with Crippen LogP contribution in [0.3, 0.4) is 0 Å². The first-order valence-corrected chi connectivity index (χ1v) is 5.94. The van der Waals surface area contributed by atoms with Crippen LogP contribution in [-0.4, -0.2) is 16.7 Å². The van der Waals surface area contributed by atoms with Crippen LogP contribution in [0.4, 0.5) is 13.2 Å². The van der Waals surface area contributed by atoms with Crippen LogP contribution < -0.4 is 5.73 Å². The first-order valence-electron chi connectivity index (χ1n) is 5.13. The van der Waals surface area contributed by atoms with Crippen LogP contribution in [0.5, 0.6) is 0 Å². The molecule has 0 spiro atoms. The minimum atomic E-state index is -4.29. The summed E-state index contributed by atoms with van der Waals surface area (Å²) in [6.07, 6.45) is -0.184. The highest BCUT2D eigenvalue weighted by Gasteiger charge is 2.29. The Morgan fingerprint density at radius 1 is 1.29 bits per heavy atom. The van der Waals surface area contributed by atoms with Crippen LogP contribution in [0, 0.1) is 0 Å². The minimum Gasteiger partial charge on any atom is -0.391 e. The number of hydrogen-bond donors (Lipinski definition) is 2. The van der Waals surface area contributed by atoms with Gasteiger partial charge in [0.1, 0.15) is 0 Å². The molecule has 0 saturated carbocycles. The van der Waals surface area contributed by atoms with E-state index in [-0.39, 0.29) is 16.7 Å². The van der Waals surface area contributed by atoms with Gasteiger partial charge in [0.15, 0.2) is 0 Å². The van der Waals surface area contributed by atoms with Gasteiger partial charge in [-0.25, -0.2) is 0 Å². The molecule has 1 rings (SSSR count). The van der Waals surface area contributed by atoms with E-state index in [9.17, 15) is 18.3 Å². The summed E-state index contributed by atoms with van der Waals surface area (Å²) in [4.78, 5) is 0.111. The van der Waals surface area contributed by atoms with Crippen LogP contribution in [0.2, 0.25) is 0 Å². The molecule has 0 unspecified atom stereocenters. The molecular formula is C11H14F3NOS. The number of alkyl halides is 3. The minimum absolute atomic E-state index is 0.111. The zero-order valence-corrected chi connectivity index (χ0v) is 10.1. The Kier molecular flexibility index (Phi) is 4.85. The number of benzene rings is 1. The zero-order chi connectivity index (χ0) is 13.1. The molecule has 0 bridgehead atoms. The Hall–Kier alpha value is -0.720. The van der Waals surface area contributed by atoms with Gasteiger partial charge in [0.25, 0.3) is 0 Å². The fourth-order valence-electron chi connectivity index (χ4n) is 1.37. The Morgan fingerprint density at radius 2 is 1.82 bits per heavy atom. The number of nitrogens with two attached hydrogens (primary N) is 1. The van der Waals surface area contributed by atoms with E-state index in [2.05, 4.69) is 0 Å². The number of halogens is 3. The Morgan fingerprint density at radius 3 is 2.24 bits per heavy atom. The molecule has 2 atom stereocenters. The van der Waals surface area contributed by atoms with Gasteiger partial charge in [-0.3, -0.25) is 0 Å². The van der Waals surface area contributed by atoms with Gasteiger partial charge < -0.3 is 10.8 Å². The predicted molar refractivity (Wildman–Crippen MR) is 61.6 cm³/mol. The van der Waals surface area contributed by atoms with E-state index in [4.69, 9.17) is 5.73 Å². The fraction of sp³-hybridized carbons (Fsp3) is 0.455. The van der Waals surface area contributed by atoms with Crippen molar-refractivity contribution in [3.8, 4) is 0 Å². The maximum absolute atomic E-state index is 12.1. The molecule has 0 radical (unpaired) electrons. The highest BCUT2D eigenvalue weighted by atomic mass is 32.2. The SMILES string of the molecule is CC[C@@H](O)[C@@H](N)c1ccc(SC(F)(F)F)cc1. The molecule has 0 aliphatic heterocycles. The average Bonchev–Trinajstić information content (AvgIpc) is 2.26. The smallest absolute Gasteiger partial charge is 0.391 e. The van der Waals surface area contributed by atoms with Gasteiger partial charge in [0, 0.05) is 4.90 Å². The third-order valence-electron chi connectivity index (χ3n) is 2.33. The topological polar surface area (TPSA) is 46.2 Å². The van der Waals surface area contributed by atoms with E-state index in [1.54, 1.807) is 6.92 Å². The van der Waals surface area contributed by atoms with Gasteiger partial charge in [-0.2, -0.15) is 13.2 Å². The lowest BCUT2D eigenvalue weighted by Crippen LogP contribution is -2.25. The third-order valence-corrected chi connectivity index (χ3v) is 3.07. The summed E-state index contributed by atoms with van der Waals surface area (Å²) in [5, 5.41) is 9.53. The third kappa shape index (κ3) is 4.57. The lowest BCUT2D eigenvalue weighted by atomic mass is 10.0. The summed E-state index contributed by atoms with van der Waals surface area (Å²) in [7, 11) is 0. The quantitative estimate of drug-likeness (QED) is 0.822. The Bertz CT molecular complexity index is 353. The van der Waals surface area contributed by atoms with Crippen molar-refractivity contribution in [3.63, 3.8) is 0 Å². The number of rotatable bonds is 4. The largest absolute Gasteiger partial charge is 0.446 e. The van der Waals surface area contributed by atoms with Crippen molar-refractivity contribution in [3.05, 3.63) is 29.8 Å². The molecule has 1 aromatic carbocycles. The predicted octanol–water partition coefficient (Wildman–Crippen LogP) is 3.07. The molecule has 6 heteroatoms. The number of thioether (sulfide) groups is 1. The zero-order valence-electron chi connectivity index (χ0n) is 9.24. The molecule has 0 fully saturated rings. The van der Waals surface area contributed by atoms with Crippen molar-refractivity contribution in [2.75, 3.05) is 0 Å². The molecular weight excluding hydrogens is 251 g/mol. The van der Waals surface area contributed by atoms with E-state index >= 15 is 0 Å². The highest BCUT2D eigenvalue weighted by Crippen LogP contribution is 2.37. The molecule has 3 N–H and O–H groups in total. The van der Waals surface area contributed by atoms with Crippen molar-refractivity contribution < 1.29 is 18.3 Å². The fourth-order valence-corrected chi connectivity index (χ4v) is 1.91. The molecule has 0 aliphatic carbocycles. The maximum Gasteiger partial charge on any atom is 0.446 e. The summed E-state index contributed by atoms with van der Waals surface area (Å²) in [6.45, 7) is 1.79. The lowest BCUT2D eigenvalue weighted by Gasteiger charge is -2.17. The van der Waals surface area contributed by atoms with E-state index < -0.39 is 17.7 Å². The molecule has 0 aliphatic rings. The van der Waals surface area contributed by atoms with E-state index in [1.165, 1.54) is 24.3 Å². The Balaban J connectivity index is 2.74. The van der Waals surface area contributed by atoms with Crippen LogP contribution in [0.1, 0.15) is 24.9 Å². The van der Waals surface area contributed by atoms with Crippen LogP contribution in [0.25, 0.3) is 0 Å². The molecule has 0 heterocycles. The van der Waals surface area contributed by atoms with Crippen LogP contribution in [0.15, 0.2) is 29.2 Å². The van der Waals surface area contributed by atoms with Gasteiger partial charge in [-0.05, 0) is 35.9 Å². The molecule has 17 heavy (non-hydrogen) atoms. The summed E-state index contributed by atoms with van der Waals surface area (Å²) >= 11 is -0.168. The maximum atomic E-state index is 12.1. The van der Waals surface area contributed by atoms with Crippen molar-refractivity contribution in [1.29, 1.82) is 0 Å². The number of aliphatic hydroxyl groups is 1. The van der Waals surface area contributed by atoms with Crippen molar-refractivity contribution in [2.45, 2.75) is 35.9 Å². The normalized spacial score (nSPS) is 15.6. The lowest BCUT2D eigenvalue weighted by molar-refractivity contribution is -0.0328. The van der Waals surface area contributed by atoms with Gasteiger partial charge in [0.2, 0.25) is 0 Å². The van der Waals surface area contributed by atoms with Gasteiger partial charge in [-0.1, -0.05) is 19.1 Å². The average molecular weight is 265 g/mol.